The number of pyridine rings is 1. The summed E-state index contributed by atoms with van der Waals surface area (Å²) in [7, 11) is 0. The second-order valence-electron chi connectivity index (χ2n) is 6.83. The van der Waals surface area contributed by atoms with Crippen LogP contribution >= 0.6 is 0 Å². The van der Waals surface area contributed by atoms with Crippen LogP contribution in [0.5, 0.6) is 5.75 Å². The number of rotatable bonds is 8. The van der Waals surface area contributed by atoms with Crippen LogP contribution in [-0.2, 0) is 19.1 Å². The summed E-state index contributed by atoms with van der Waals surface area (Å²) in [5.41, 5.74) is 0.983. The summed E-state index contributed by atoms with van der Waals surface area (Å²) in [6.07, 6.45) is 2.72. The Morgan fingerprint density at radius 1 is 1.29 bits per heavy atom. The van der Waals surface area contributed by atoms with E-state index in [9.17, 15) is 14.4 Å². The number of carbonyl (C=O) groups excluding carboxylic acids is 3. The number of amides is 2. The molecule has 31 heavy (non-hydrogen) atoms. The van der Waals surface area contributed by atoms with Crippen LogP contribution in [0.4, 0.5) is 0 Å². The van der Waals surface area contributed by atoms with Crippen molar-refractivity contribution in [2.24, 2.45) is 0 Å². The third kappa shape index (κ3) is 5.17. The number of aromatic nitrogens is 1. The lowest BCUT2D eigenvalue weighted by atomic mass is 10.0. The Morgan fingerprint density at radius 3 is 2.71 bits per heavy atom. The first-order chi connectivity index (χ1) is 15.0. The van der Waals surface area contributed by atoms with Crippen molar-refractivity contribution in [3.8, 4) is 11.8 Å². The van der Waals surface area contributed by atoms with E-state index >= 15 is 0 Å². The summed E-state index contributed by atoms with van der Waals surface area (Å²) in [5.74, 6) is -1.91. The molecule has 2 heterocycles. The molecule has 0 spiro atoms. The highest BCUT2D eigenvalue weighted by atomic mass is 16.5. The van der Waals surface area contributed by atoms with Gasteiger partial charge in [0.15, 0.2) is 12.1 Å². The van der Waals surface area contributed by atoms with Gasteiger partial charge in [-0.25, -0.2) is 4.79 Å². The van der Waals surface area contributed by atoms with Gasteiger partial charge in [0.1, 0.15) is 5.75 Å². The number of hydrogen-bond acceptors (Lipinski definition) is 7. The fourth-order valence-electron chi connectivity index (χ4n) is 3.18. The number of piperazine rings is 1. The summed E-state index contributed by atoms with van der Waals surface area (Å²) < 4.78 is 11.5. The molecular weight excluding hydrogens is 400 g/mol. The normalized spacial score (nSPS) is 15.4. The van der Waals surface area contributed by atoms with Crippen LogP contribution < -0.4 is 10.1 Å². The molecule has 0 aliphatic carbocycles. The van der Waals surface area contributed by atoms with E-state index < -0.39 is 29.9 Å². The summed E-state index contributed by atoms with van der Waals surface area (Å²) in [4.78, 5) is 43.0. The molecule has 0 bridgehead atoms. The van der Waals surface area contributed by atoms with Gasteiger partial charge in [0, 0.05) is 31.0 Å². The Bertz CT molecular complexity index is 972. The maximum absolute atomic E-state index is 13.1. The monoisotopic (exact) mass is 422 g/mol. The summed E-state index contributed by atoms with van der Waals surface area (Å²) in [6.45, 7) is 2.36. The molecule has 9 nitrogen and oxygen atoms in total. The lowest BCUT2D eigenvalue weighted by molar-refractivity contribution is -0.163. The van der Waals surface area contributed by atoms with Gasteiger partial charge in [-0.2, -0.15) is 5.26 Å². The van der Waals surface area contributed by atoms with E-state index in [1.807, 2.05) is 13.0 Å². The molecule has 1 aromatic heterocycles. The zero-order chi connectivity index (χ0) is 22.2. The molecule has 0 saturated carbocycles. The minimum atomic E-state index is -1.20. The number of nitrogens with one attached hydrogen (secondary N) is 1. The maximum Gasteiger partial charge on any atom is 0.333 e. The summed E-state index contributed by atoms with van der Waals surface area (Å²) in [6, 6.07) is 10.6. The molecule has 2 atom stereocenters. The minimum absolute atomic E-state index is 0.129. The number of carbonyl (C=O) groups is 3. The predicted molar refractivity (Wildman–Crippen MR) is 109 cm³/mol. The van der Waals surface area contributed by atoms with E-state index in [1.54, 1.807) is 42.6 Å². The number of benzene rings is 1. The average Bonchev–Trinajstić information content (AvgIpc) is 2.81. The molecule has 160 valence electrons. The molecule has 0 radical (unpaired) electrons. The third-order valence-corrected chi connectivity index (χ3v) is 4.67. The smallest absolute Gasteiger partial charge is 0.333 e. The highest BCUT2D eigenvalue weighted by molar-refractivity contribution is 6.35. The van der Waals surface area contributed by atoms with Crippen LogP contribution in [0.2, 0.25) is 0 Å². The Hall–Kier alpha value is -3.93. The second-order valence-corrected chi connectivity index (χ2v) is 6.83. The lowest BCUT2D eigenvalue weighted by Crippen LogP contribution is -2.60. The average molecular weight is 422 g/mol. The molecule has 9 heteroatoms. The molecule has 1 aromatic carbocycles. The highest BCUT2D eigenvalue weighted by Crippen LogP contribution is 2.29. The van der Waals surface area contributed by atoms with Crippen LogP contribution in [0.25, 0.3) is 0 Å². The van der Waals surface area contributed by atoms with Crippen molar-refractivity contribution in [2.75, 3.05) is 19.7 Å². The van der Waals surface area contributed by atoms with E-state index in [1.165, 1.54) is 11.1 Å². The SMILES string of the molecule is CCCOC(=O)C(C(Oc1ccc(C#N)cc1)c1cccnc1)N1CCNC(=O)C1=O. The molecule has 2 unspecified atom stereocenters. The number of esters is 1. The van der Waals surface area contributed by atoms with Crippen molar-refractivity contribution >= 4 is 17.8 Å². The fraction of sp³-hybridized carbons (Fsp3) is 0.318. The molecule has 1 fully saturated rings. The van der Waals surface area contributed by atoms with Gasteiger partial charge in [-0.1, -0.05) is 13.0 Å². The first-order valence-corrected chi connectivity index (χ1v) is 9.87. The third-order valence-electron chi connectivity index (χ3n) is 4.67. The van der Waals surface area contributed by atoms with Crippen LogP contribution in [0.15, 0.2) is 48.8 Å². The van der Waals surface area contributed by atoms with Gasteiger partial charge in [-0.3, -0.25) is 14.6 Å². The minimum Gasteiger partial charge on any atom is -0.483 e. The van der Waals surface area contributed by atoms with Gasteiger partial charge in [0.05, 0.1) is 18.2 Å². The summed E-state index contributed by atoms with van der Waals surface area (Å²) in [5, 5.41) is 11.5. The van der Waals surface area contributed by atoms with Crippen molar-refractivity contribution in [3.05, 3.63) is 59.9 Å². The number of hydrogen-bond donors (Lipinski definition) is 1. The Morgan fingerprint density at radius 2 is 2.06 bits per heavy atom. The first-order valence-electron chi connectivity index (χ1n) is 9.87. The molecule has 2 amide bonds. The Labute approximate surface area is 179 Å². The van der Waals surface area contributed by atoms with Crippen molar-refractivity contribution in [1.29, 1.82) is 5.26 Å². The second kappa shape index (κ2) is 10.2. The zero-order valence-electron chi connectivity index (χ0n) is 17.0. The predicted octanol–water partition coefficient (Wildman–Crippen LogP) is 1.35. The number of nitrogens with zero attached hydrogens (tertiary/aromatic N) is 3. The zero-order valence-corrected chi connectivity index (χ0v) is 17.0. The van der Waals surface area contributed by atoms with Crippen LogP contribution in [0.1, 0.15) is 30.6 Å². The van der Waals surface area contributed by atoms with Crippen molar-refractivity contribution in [2.45, 2.75) is 25.5 Å². The topological polar surface area (TPSA) is 122 Å². The quantitative estimate of drug-likeness (QED) is 0.503. The van der Waals surface area contributed by atoms with E-state index in [0.717, 1.165) is 0 Å². The highest BCUT2D eigenvalue weighted by Gasteiger charge is 2.43. The number of ether oxygens (including phenoxy) is 2. The van der Waals surface area contributed by atoms with E-state index in [2.05, 4.69) is 10.3 Å². The van der Waals surface area contributed by atoms with Gasteiger partial charge in [0.25, 0.3) is 0 Å². The Balaban J connectivity index is 2.02. The van der Waals surface area contributed by atoms with Crippen LogP contribution in [0.3, 0.4) is 0 Å². The van der Waals surface area contributed by atoms with E-state index in [0.29, 0.717) is 23.3 Å². The fourth-order valence-corrected chi connectivity index (χ4v) is 3.18. The van der Waals surface area contributed by atoms with Gasteiger partial charge < -0.3 is 19.7 Å². The molecule has 2 aromatic rings. The maximum atomic E-state index is 13.1. The molecule has 1 aliphatic heterocycles. The standard InChI is InChI=1S/C22H22N4O5/c1-2-12-30-22(29)18(26-11-10-25-20(27)21(26)28)19(16-4-3-9-24-14-16)31-17-7-5-15(13-23)6-8-17/h3-9,14,18-19H,2,10-12H2,1H3,(H,25,27). The molecule has 3 rings (SSSR count). The summed E-state index contributed by atoms with van der Waals surface area (Å²) >= 11 is 0. The van der Waals surface area contributed by atoms with Crippen molar-refractivity contribution in [1.82, 2.24) is 15.2 Å². The lowest BCUT2D eigenvalue weighted by Gasteiger charge is -2.37. The van der Waals surface area contributed by atoms with Gasteiger partial charge >= 0.3 is 17.8 Å². The van der Waals surface area contributed by atoms with Gasteiger partial charge in [-0.05, 0) is 36.8 Å². The molecule has 1 saturated heterocycles. The molecule has 1 N–H and O–H groups in total. The number of nitriles is 1. The molecular formula is C22H22N4O5. The van der Waals surface area contributed by atoms with Crippen LogP contribution in [-0.4, -0.2) is 53.4 Å². The Kier molecular flexibility index (Phi) is 7.17. The van der Waals surface area contributed by atoms with E-state index in [4.69, 9.17) is 14.7 Å². The first kappa shape index (κ1) is 21.8. The van der Waals surface area contributed by atoms with E-state index in [-0.39, 0.29) is 19.7 Å². The van der Waals surface area contributed by atoms with Gasteiger partial charge in [-0.15, -0.1) is 0 Å². The van der Waals surface area contributed by atoms with Crippen LogP contribution in [0, 0.1) is 11.3 Å². The van der Waals surface area contributed by atoms with Crippen molar-refractivity contribution in [3.63, 3.8) is 0 Å². The van der Waals surface area contributed by atoms with Gasteiger partial charge in [0.2, 0.25) is 0 Å². The molecule has 1 aliphatic rings. The largest absolute Gasteiger partial charge is 0.483 e. The van der Waals surface area contributed by atoms with Crippen molar-refractivity contribution < 1.29 is 23.9 Å².